The summed E-state index contributed by atoms with van der Waals surface area (Å²) >= 11 is 0. The number of aliphatic hydroxyl groups is 1. The van der Waals surface area contributed by atoms with E-state index in [4.69, 9.17) is 23.7 Å². The molecule has 316 valence electrons. The predicted octanol–water partition coefficient (Wildman–Crippen LogP) is 5.48. The van der Waals surface area contributed by atoms with Crippen LogP contribution in [0.25, 0.3) is 0 Å². The Hall–Kier alpha value is -3.04. The molecule has 13 atom stereocenters. The highest BCUT2D eigenvalue weighted by Gasteiger charge is 2.62. The Balaban J connectivity index is 1.77. The van der Waals surface area contributed by atoms with Gasteiger partial charge in [0.05, 0.1) is 23.9 Å². The number of carbonyl (C=O) groups is 4. The predicted molar refractivity (Wildman–Crippen MR) is 206 cm³/mol. The number of amides is 1. The van der Waals surface area contributed by atoms with Gasteiger partial charge in [0.15, 0.2) is 17.2 Å². The van der Waals surface area contributed by atoms with Gasteiger partial charge in [-0.1, -0.05) is 34.6 Å². The highest BCUT2D eigenvalue weighted by Crippen LogP contribution is 2.45. The van der Waals surface area contributed by atoms with E-state index in [0.717, 1.165) is 25.3 Å². The lowest BCUT2D eigenvalue weighted by molar-refractivity contribution is -0.354. The second-order valence-corrected chi connectivity index (χ2v) is 17.1. The van der Waals surface area contributed by atoms with Crippen LogP contribution in [-0.2, 0) is 44.5 Å². The van der Waals surface area contributed by atoms with Gasteiger partial charge in [-0.15, -0.1) is 0 Å². The number of carbonyl (C=O) groups excluding carboxylic acids is 4. The van der Waals surface area contributed by atoms with Crippen molar-refractivity contribution >= 4 is 23.6 Å². The second-order valence-electron chi connectivity index (χ2n) is 17.1. The van der Waals surface area contributed by atoms with Gasteiger partial charge in [-0.3, -0.25) is 14.6 Å². The van der Waals surface area contributed by atoms with E-state index in [0.29, 0.717) is 19.4 Å². The number of unbranched alkanes of at least 4 members (excludes halogenated alkanes) is 1. The molecule has 1 amide bonds. The molecule has 1 aromatic heterocycles. The van der Waals surface area contributed by atoms with Crippen LogP contribution in [0.4, 0.5) is 9.18 Å². The van der Waals surface area contributed by atoms with Crippen molar-refractivity contribution in [1.29, 1.82) is 0 Å². The van der Waals surface area contributed by atoms with Crippen molar-refractivity contribution in [2.24, 2.45) is 17.8 Å². The van der Waals surface area contributed by atoms with Crippen LogP contribution < -0.4 is 0 Å². The lowest BCUT2D eigenvalue weighted by atomic mass is 9.73. The third kappa shape index (κ3) is 8.99. The van der Waals surface area contributed by atoms with Crippen LogP contribution in [0.3, 0.4) is 0 Å². The van der Waals surface area contributed by atoms with Crippen LogP contribution >= 0.6 is 0 Å². The number of alkyl halides is 1. The first kappa shape index (κ1) is 45.7. The van der Waals surface area contributed by atoms with Crippen molar-refractivity contribution < 1.29 is 52.4 Å². The number of Topliss-reactive ketones (excluding diaryl/α,β-unsaturated/α-hetero) is 2. The normalized spacial score (nSPS) is 40.3. The summed E-state index contributed by atoms with van der Waals surface area (Å²) in [6.45, 7) is 17.1. The van der Waals surface area contributed by atoms with Crippen molar-refractivity contribution in [2.75, 3.05) is 27.2 Å². The van der Waals surface area contributed by atoms with Gasteiger partial charge in [-0.05, 0) is 104 Å². The molecule has 3 aliphatic heterocycles. The maximum Gasteiger partial charge on any atom is 0.410 e. The molecule has 3 saturated heterocycles. The fraction of sp³-hybridized carbons (Fsp3) is 0.786. The van der Waals surface area contributed by atoms with Crippen molar-refractivity contribution in [3.05, 3.63) is 30.1 Å². The smallest absolute Gasteiger partial charge is 0.410 e. The fourth-order valence-electron chi connectivity index (χ4n) is 9.38. The van der Waals surface area contributed by atoms with E-state index >= 15 is 4.39 Å². The Morgan fingerprint density at radius 3 is 2.25 bits per heavy atom. The van der Waals surface area contributed by atoms with E-state index in [1.54, 1.807) is 53.9 Å². The van der Waals surface area contributed by atoms with Crippen LogP contribution in [-0.4, -0.2) is 130 Å². The third-order valence-corrected chi connectivity index (χ3v) is 12.8. The number of hydrogen-bond donors (Lipinski definition) is 1. The molecule has 0 aromatic carbocycles. The maximum atomic E-state index is 16.9. The first-order chi connectivity index (χ1) is 26.1. The number of hydrogen-bond acceptors (Lipinski definition) is 12. The van der Waals surface area contributed by atoms with Gasteiger partial charge >= 0.3 is 12.1 Å². The summed E-state index contributed by atoms with van der Waals surface area (Å²) in [5.74, 6) is -7.43. The second kappa shape index (κ2) is 17.8. The zero-order chi connectivity index (χ0) is 42.0. The van der Waals surface area contributed by atoms with Crippen molar-refractivity contribution in [1.82, 2.24) is 14.8 Å². The molecule has 0 bridgehead atoms. The summed E-state index contributed by atoms with van der Waals surface area (Å²) in [5, 5.41) is 11.8. The molecule has 1 aromatic rings. The number of halogens is 1. The van der Waals surface area contributed by atoms with E-state index in [1.807, 2.05) is 37.9 Å². The van der Waals surface area contributed by atoms with Gasteiger partial charge in [-0.2, -0.15) is 0 Å². The average Bonchev–Trinajstić information content (AvgIpc) is 3.42. The number of ketones is 2. The van der Waals surface area contributed by atoms with Gasteiger partial charge in [0, 0.05) is 49.8 Å². The van der Waals surface area contributed by atoms with E-state index in [2.05, 4.69) is 4.98 Å². The summed E-state index contributed by atoms with van der Waals surface area (Å²) in [4.78, 5) is 64.3. The van der Waals surface area contributed by atoms with Crippen LogP contribution in [0.1, 0.15) is 107 Å². The highest BCUT2D eigenvalue weighted by molar-refractivity contribution is 6.08. The molecule has 0 saturated carbocycles. The average molecular weight is 792 g/mol. The Kier molecular flexibility index (Phi) is 14.5. The Morgan fingerprint density at radius 2 is 1.66 bits per heavy atom. The molecular formula is C42H66FN3O10. The molecule has 0 spiro atoms. The molecule has 3 aliphatic rings. The van der Waals surface area contributed by atoms with Crippen LogP contribution in [0.5, 0.6) is 0 Å². The summed E-state index contributed by atoms with van der Waals surface area (Å²) < 4.78 is 48.0. The van der Waals surface area contributed by atoms with E-state index in [1.165, 1.54) is 18.9 Å². The number of aromatic nitrogens is 1. The minimum atomic E-state index is -3.17. The minimum Gasteiger partial charge on any atom is -0.455 e. The van der Waals surface area contributed by atoms with Gasteiger partial charge in [0.2, 0.25) is 0 Å². The van der Waals surface area contributed by atoms with Crippen LogP contribution in [0.2, 0.25) is 0 Å². The number of ether oxygens (including phenoxy) is 5. The maximum absolute atomic E-state index is 16.9. The van der Waals surface area contributed by atoms with E-state index < -0.39 is 82.6 Å². The Morgan fingerprint density at radius 1 is 1.02 bits per heavy atom. The molecule has 4 rings (SSSR count). The number of aryl methyl sites for hydroxylation is 1. The molecule has 4 heterocycles. The summed E-state index contributed by atoms with van der Waals surface area (Å²) in [5.41, 5.74) is -5.09. The molecule has 56 heavy (non-hydrogen) atoms. The van der Waals surface area contributed by atoms with Gasteiger partial charge in [-0.25, -0.2) is 14.0 Å². The molecule has 0 unspecified atom stereocenters. The number of pyridine rings is 1. The number of methoxy groups -OCH3 is 1. The van der Waals surface area contributed by atoms with Crippen molar-refractivity contribution in [3.63, 3.8) is 0 Å². The number of rotatable bonds is 11. The molecule has 13 nitrogen and oxygen atoms in total. The standard InChI is InChI=1S/C42H66FN3O10/c1-13-31-41(9)33(46(38(51)56-41)22-16-15-17-29-18-20-44-21-19-29)27(5)32(47)25(3)24-39(7,52-12)36(28(6)34(48)40(8,43)37(50)53-31)55-42(10)35(49)30(45(11)14-2)23-26(4)54-42/h18-21,25-28,30-31,33,35-36,49H,13-17,22-24H2,1-12H3/t25-,26-,27+,28+,30+,31-,33-,35-,36-,39-,40+,41-,42+/m1/s1. The Labute approximate surface area is 332 Å². The fourth-order valence-corrected chi connectivity index (χ4v) is 9.38. The molecular weight excluding hydrogens is 725 g/mol. The minimum absolute atomic E-state index is 0.00377. The monoisotopic (exact) mass is 791 g/mol. The van der Waals surface area contributed by atoms with Crippen LogP contribution in [0, 0.1) is 17.8 Å². The number of aliphatic hydroxyl groups excluding tert-OH is 1. The lowest BCUT2D eigenvalue weighted by Gasteiger charge is -2.52. The zero-order valence-electron chi connectivity index (χ0n) is 35.5. The van der Waals surface area contributed by atoms with Gasteiger partial charge < -0.3 is 38.6 Å². The van der Waals surface area contributed by atoms with E-state index in [-0.39, 0.29) is 37.3 Å². The molecule has 3 fully saturated rings. The topological polar surface area (TPSA) is 154 Å². The first-order valence-electron chi connectivity index (χ1n) is 20.3. The largest absolute Gasteiger partial charge is 0.455 e. The highest BCUT2D eigenvalue weighted by atomic mass is 19.1. The first-order valence-corrected chi connectivity index (χ1v) is 20.3. The quantitative estimate of drug-likeness (QED) is 0.172. The van der Waals surface area contributed by atoms with Crippen molar-refractivity contribution in [3.8, 4) is 0 Å². The molecule has 0 radical (unpaired) electrons. The summed E-state index contributed by atoms with van der Waals surface area (Å²) in [6.07, 6.45) is 1.40. The molecule has 1 N–H and O–H groups in total. The van der Waals surface area contributed by atoms with Crippen molar-refractivity contribution in [2.45, 2.75) is 167 Å². The number of cyclic esters (lactones) is 1. The summed E-state index contributed by atoms with van der Waals surface area (Å²) in [6, 6.07) is 2.60. The number of likely N-dealkylation sites (N-methyl/N-ethyl adjacent to an activating group) is 1. The van der Waals surface area contributed by atoms with Gasteiger partial charge in [0.25, 0.3) is 5.67 Å². The summed E-state index contributed by atoms with van der Waals surface area (Å²) in [7, 11) is 3.30. The zero-order valence-corrected chi connectivity index (χ0v) is 35.5. The number of esters is 1. The molecule has 14 heteroatoms. The van der Waals surface area contributed by atoms with Crippen LogP contribution in [0.15, 0.2) is 24.5 Å². The third-order valence-electron chi connectivity index (χ3n) is 12.8. The Bertz CT molecular complexity index is 1550. The molecule has 0 aliphatic carbocycles. The SMILES string of the molecule is CC[C@H]1OC(=O)[C@@](C)(F)C(=O)[C@H](C)[C@@H](O[C@]2(C)O[C@H](C)C[C@H](N(C)CC)[C@H]2O)[C@](C)(OC)C[C@@H](C)C(=O)[C@H](C)[C@H]2N(CCCCc3ccncc3)C(=O)O[C@]12C. The number of fused-ring (bicyclic) bond motifs is 1. The lowest BCUT2D eigenvalue weighted by Crippen LogP contribution is -2.65. The van der Waals surface area contributed by atoms with E-state index in [9.17, 15) is 24.3 Å². The number of nitrogens with zero attached hydrogens (tertiary/aromatic N) is 3. The van der Waals surface area contributed by atoms with Gasteiger partial charge in [0.1, 0.15) is 18.0 Å².